The number of anilines is 1. The molecular formula is C28H36F2N6O3. The maximum atomic E-state index is 15.1. The number of alkyl halides is 2. The third-order valence-corrected chi connectivity index (χ3v) is 8.63. The number of hydrogen-bond acceptors (Lipinski definition) is 6. The zero-order chi connectivity index (χ0) is 27.7. The summed E-state index contributed by atoms with van der Waals surface area (Å²) in [4.78, 5) is 45.5. The van der Waals surface area contributed by atoms with Gasteiger partial charge < -0.3 is 20.9 Å². The first-order valence-corrected chi connectivity index (χ1v) is 14.0. The molecule has 3 aliphatic heterocycles. The highest BCUT2D eigenvalue weighted by molar-refractivity contribution is 5.92. The van der Waals surface area contributed by atoms with Crippen LogP contribution in [0.3, 0.4) is 0 Å². The molecule has 6 atom stereocenters. The second kappa shape index (κ2) is 11.1. The topological polar surface area (TPSA) is 127 Å². The molecule has 39 heavy (non-hydrogen) atoms. The van der Waals surface area contributed by atoms with Crippen molar-refractivity contribution in [3.63, 3.8) is 0 Å². The molecule has 3 amide bonds. The van der Waals surface area contributed by atoms with Crippen molar-refractivity contribution in [2.45, 2.75) is 94.8 Å². The molecule has 0 aromatic carbocycles. The third kappa shape index (κ3) is 5.99. The molecule has 5 aliphatic rings. The molecule has 1 aromatic heterocycles. The van der Waals surface area contributed by atoms with Gasteiger partial charge in [0.15, 0.2) is 0 Å². The molecule has 2 bridgehead atoms. The van der Waals surface area contributed by atoms with E-state index in [0.29, 0.717) is 37.4 Å². The standard InChI is InChI=1S/C28H36F2N6O3/c1-16-9-20(15-32-14-16)34-23(10-17-4-5-17)27(39)36-21-6-7-22(28(29,30)12-21)24(36)26(38)35-19(13-31)11-18-3-2-8-33-25(18)37/h9,14-15,17-19,21-24,34H,2-8,10-12H2,1H3,(H,33,37)(H,35,38)/t18-,19-,21-,22-,23+,24-/m1/s1. The van der Waals surface area contributed by atoms with Gasteiger partial charge in [0.05, 0.1) is 17.7 Å². The molecule has 2 saturated carbocycles. The van der Waals surface area contributed by atoms with Crippen LogP contribution < -0.4 is 16.0 Å². The summed E-state index contributed by atoms with van der Waals surface area (Å²) in [5.41, 5.74) is 1.58. The Morgan fingerprint density at radius 2 is 2.03 bits per heavy atom. The van der Waals surface area contributed by atoms with Crippen LogP contribution in [-0.2, 0) is 14.4 Å². The molecule has 3 N–H and O–H groups in total. The minimum Gasteiger partial charge on any atom is -0.372 e. The molecule has 3 saturated heterocycles. The Hall–Kier alpha value is -3.29. The lowest BCUT2D eigenvalue weighted by atomic mass is 9.71. The second-order valence-electron chi connectivity index (χ2n) is 11.7. The average molecular weight is 543 g/mol. The van der Waals surface area contributed by atoms with Gasteiger partial charge in [0.2, 0.25) is 17.7 Å². The smallest absolute Gasteiger partial charge is 0.255 e. The van der Waals surface area contributed by atoms with E-state index in [4.69, 9.17) is 0 Å². The van der Waals surface area contributed by atoms with Crippen LogP contribution in [0.2, 0.25) is 0 Å². The van der Waals surface area contributed by atoms with Crippen LogP contribution in [0.15, 0.2) is 18.5 Å². The van der Waals surface area contributed by atoms with Crippen LogP contribution in [0.4, 0.5) is 14.5 Å². The Kier molecular flexibility index (Phi) is 7.74. The number of nitrogens with zero attached hydrogens (tertiary/aromatic N) is 3. The minimum absolute atomic E-state index is 0.103. The largest absolute Gasteiger partial charge is 0.372 e. The number of halogens is 2. The van der Waals surface area contributed by atoms with Crippen molar-refractivity contribution in [2.75, 3.05) is 11.9 Å². The van der Waals surface area contributed by atoms with Crippen LogP contribution >= 0.6 is 0 Å². The summed E-state index contributed by atoms with van der Waals surface area (Å²) in [5, 5.41) is 18.4. The van der Waals surface area contributed by atoms with Gasteiger partial charge in [-0.3, -0.25) is 19.4 Å². The van der Waals surface area contributed by atoms with Crippen LogP contribution in [-0.4, -0.2) is 64.2 Å². The number of aromatic nitrogens is 1. The van der Waals surface area contributed by atoms with Crippen molar-refractivity contribution in [3.05, 3.63) is 24.0 Å². The second-order valence-corrected chi connectivity index (χ2v) is 11.7. The molecule has 1 aromatic rings. The summed E-state index contributed by atoms with van der Waals surface area (Å²) < 4.78 is 30.3. The molecule has 6 rings (SSSR count). The number of rotatable bonds is 9. The monoisotopic (exact) mass is 542 g/mol. The number of nitriles is 1. The Balaban J connectivity index is 1.38. The quantitative estimate of drug-likeness (QED) is 0.440. The SMILES string of the molecule is Cc1cncc(N[C@@H](CC2CC2)C(=O)N2[C@@H]3CC[C@H]([C@@H]2C(=O)N[C@@H](C#N)C[C@H]2CCCNC2=O)C(F)(F)C3)c1. The van der Waals surface area contributed by atoms with Gasteiger partial charge in [0.25, 0.3) is 5.92 Å². The van der Waals surface area contributed by atoms with E-state index in [1.807, 2.05) is 19.1 Å². The van der Waals surface area contributed by atoms with Crippen LogP contribution in [0.1, 0.15) is 63.4 Å². The van der Waals surface area contributed by atoms with Crippen LogP contribution in [0.5, 0.6) is 0 Å². The van der Waals surface area contributed by atoms with Gasteiger partial charge in [-0.05, 0) is 63.0 Å². The number of fused-ring (bicyclic) bond motifs is 3. The Morgan fingerprint density at radius 1 is 1.23 bits per heavy atom. The summed E-state index contributed by atoms with van der Waals surface area (Å²) in [6.45, 7) is 2.47. The van der Waals surface area contributed by atoms with Gasteiger partial charge in [-0.1, -0.05) is 12.8 Å². The molecule has 5 fully saturated rings. The fraction of sp³-hybridized carbons (Fsp3) is 0.679. The highest BCUT2D eigenvalue weighted by Crippen LogP contribution is 2.49. The van der Waals surface area contributed by atoms with E-state index >= 15 is 8.78 Å². The summed E-state index contributed by atoms with van der Waals surface area (Å²) >= 11 is 0. The number of hydrogen-bond donors (Lipinski definition) is 3. The maximum absolute atomic E-state index is 15.1. The third-order valence-electron chi connectivity index (χ3n) is 8.63. The van der Waals surface area contributed by atoms with E-state index in [0.717, 1.165) is 24.8 Å². The number of aryl methyl sites for hydroxylation is 1. The number of piperidine rings is 3. The predicted octanol–water partition coefficient (Wildman–Crippen LogP) is 2.91. The van der Waals surface area contributed by atoms with Crippen molar-refractivity contribution >= 4 is 23.4 Å². The molecule has 210 valence electrons. The van der Waals surface area contributed by atoms with Gasteiger partial charge in [0.1, 0.15) is 18.1 Å². The lowest BCUT2D eigenvalue weighted by Crippen LogP contribution is -2.70. The molecule has 9 nitrogen and oxygen atoms in total. The minimum atomic E-state index is -3.09. The van der Waals surface area contributed by atoms with Gasteiger partial charge in [-0.25, -0.2) is 8.78 Å². The van der Waals surface area contributed by atoms with Crippen molar-refractivity contribution in [1.29, 1.82) is 5.26 Å². The lowest BCUT2D eigenvalue weighted by Gasteiger charge is -2.54. The molecule has 0 unspecified atom stereocenters. The first-order valence-electron chi connectivity index (χ1n) is 14.0. The van der Waals surface area contributed by atoms with Crippen molar-refractivity contribution in [3.8, 4) is 6.07 Å². The van der Waals surface area contributed by atoms with E-state index in [9.17, 15) is 19.6 Å². The number of carbonyl (C=O) groups is 3. The van der Waals surface area contributed by atoms with E-state index in [1.54, 1.807) is 12.4 Å². The van der Waals surface area contributed by atoms with Gasteiger partial charge in [-0.15, -0.1) is 0 Å². The van der Waals surface area contributed by atoms with Crippen molar-refractivity contribution in [2.24, 2.45) is 17.8 Å². The molecule has 2 aliphatic carbocycles. The van der Waals surface area contributed by atoms with E-state index in [2.05, 4.69) is 20.9 Å². The van der Waals surface area contributed by atoms with E-state index < -0.39 is 54.3 Å². The van der Waals surface area contributed by atoms with Crippen LogP contribution in [0, 0.1) is 36.0 Å². The fourth-order valence-corrected chi connectivity index (χ4v) is 6.49. The Bertz CT molecular complexity index is 1150. The lowest BCUT2D eigenvalue weighted by molar-refractivity contribution is -0.194. The molecule has 4 heterocycles. The maximum Gasteiger partial charge on any atom is 0.255 e. The van der Waals surface area contributed by atoms with E-state index in [1.165, 1.54) is 4.90 Å². The molecule has 11 heteroatoms. The van der Waals surface area contributed by atoms with Crippen molar-refractivity contribution in [1.82, 2.24) is 20.5 Å². The molecular weight excluding hydrogens is 506 g/mol. The van der Waals surface area contributed by atoms with Crippen molar-refractivity contribution < 1.29 is 23.2 Å². The first kappa shape index (κ1) is 27.3. The summed E-state index contributed by atoms with van der Waals surface area (Å²) in [6, 6.07) is 0.0543. The average Bonchev–Trinajstić information content (AvgIpc) is 3.72. The number of amides is 3. The summed E-state index contributed by atoms with van der Waals surface area (Å²) in [5.74, 6) is -5.77. The fourth-order valence-electron chi connectivity index (χ4n) is 6.49. The number of nitrogens with one attached hydrogen (secondary N) is 3. The zero-order valence-corrected chi connectivity index (χ0v) is 22.2. The highest BCUT2D eigenvalue weighted by Gasteiger charge is 2.61. The van der Waals surface area contributed by atoms with Crippen LogP contribution in [0.25, 0.3) is 0 Å². The summed E-state index contributed by atoms with van der Waals surface area (Å²) in [6.07, 6.45) is 7.42. The Labute approximate surface area is 227 Å². The Morgan fingerprint density at radius 3 is 2.69 bits per heavy atom. The van der Waals surface area contributed by atoms with Gasteiger partial charge in [-0.2, -0.15) is 5.26 Å². The highest BCUT2D eigenvalue weighted by atomic mass is 19.3. The van der Waals surface area contributed by atoms with Gasteiger partial charge >= 0.3 is 0 Å². The number of pyridine rings is 1. The number of carbonyl (C=O) groups excluding carboxylic acids is 3. The summed E-state index contributed by atoms with van der Waals surface area (Å²) in [7, 11) is 0. The first-order chi connectivity index (χ1) is 18.7. The molecule has 0 radical (unpaired) electrons. The molecule has 0 spiro atoms. The van der Waals surface area contributed by atoms with Gasteiger partial charge in [0, 0.05) is 37.3 Å². The normalized spacial score (nSPS) is 29.1. The zero-order valence-electron chi connectivity index (χ0n) is 22.2. The van der Waals surface area contributed by atoms with E-state index in [-0.39, 0.29) is 24.7 Å². The predicted molar refractivity (Wildman–Crippen MR) is 138 cm³/mol.